The summed E-state index contributed by atoms with van der Waals surface area (Å²) in [5.74, 6) is 0. The predicted molar refractivity (Wildman–Crippen MR) is 83.8 cm³/mol. The molecule has 1 fully saturated rings. The molecule has 1 aliphatic heterocycles. The third-order valence-corrected chi connectivity index (χ3v) is 4.85. The Labute approximate surface area is 124 Å². The van der Waals surface area contributed by atoms with Crippen LogP contribution in [0.15, 0.2) is 35.8 Å². The van der Waals surface area contributed by atoms with Crippen LogP contribution in [0.5, 0.6) is 0 Å². The van der Waals surface area contributed by atoms with Crippen LogP contribution in [0.2, 0.25) is 0 Å². The molecule has 2 aromatic rings. The molecule has 1 atom stereocenters. The number of hydrogen-bond acceptors (Lipinski definition) is 4. The van der Waals surface area contributed by atoms with Crippen LogP contribution < -0.4 is 5.32 Å². The summed E-state index contributed by atoms with van der Waals surface area (Å²) in [4.78, 5) is 8.20. The number of hydrogen-bond donors (Lipinski definition) is 1. The van der Waals surface area contributed by atoms with Crippen molar-refractivity contribution in [2.75, 3.05) is 13.1 Å². The fraction of sp³-hybridized carbons (Fsp3) is 0.438. The molecular formula is C16H21N3S. The second-order valence-electron chi connectivity index (χ2n) is 5.45. The molecular weight excluding hydrogens is 266 g/mol. The standard InChI is InChI=1S/C16H21N3S/c1-13-16(20-12-18-13)9-17-15-7-8-19(11-15)10-14-5-3-2-4-6-14/h2-6,12,15,17H,7-11H2,1H3. The minimum atomic E-state index is 0.611. The molecule has 4 heteroatoms. The van der Waals surface area contributed by atoms with Crippen LogP contribution in [-0.2, 0) is 13.1 Å². The zero-order valence-corrected chi connectivity index (χ0v) is 12.7. The van der Waals surface area contributed by atoms with Gasteiger partial charge >= 0.3 is 0 Å². The molecule has 106 valence electrons. The summed E-state index contributed by atoms with van der Waals surface area (Å²) in [6, 6.07) is 11.3. The molecule has 1 aromatic heterocycles. The van der Waals surface area contributed by atoms with Crippen molar-refractivity contribution in [3.8, 4) is 0 Å². The quantitative estimate of drug-likeness (QED) is 0.916. The van der Waals surface area contributed by atoms with Crippen LogP contribution in [-0.4, -0.2) is 29.0 Å². The smallest absolute Gasteiger partial charge is 0.0798 e. The Kier molecular flexibility index (Phi) is 4.45. The normalized spacial score (nSPS) is 19.6. The lowest BCUT2D eigenvalue weighted by atomic mass is 10.2. The van der Waals surface area contributed by atoms with E-state index in [0.717, 1.165) is 19.6 Å². The summed E-state index contributed by atoms with van der Waals surface area (Å²) in [5, 5.41) is 3.67. The summed E-state index contributed by atoms with van der Waals surface area (Å²) < 4.78 is 0. The second-order valence-corrected chi connectivity index (χ2v) is 6.39. The molecule has 3 nitrogen and oxygen atoms in total. The van der Waals surface area contributed by atoms with E-state index in [4.69, 9.17) is 0 Å². The largest absolute Gasteiger partial charge is 0.308 e. The summed E-state index contributed by atoms with van der Waals surface area (Å²) in [6.45, 7) is 6.45. The molecule has 1 aromatic carbocycles. The molecule has 2 heterocycles. The molecule has 20 heavy (non-hydrogen) atoms. The van der Waals surface area contributed by atoms with E-state index >= 15 is 0 Å². The van der Waals surface area contributed by atoms with Crippen LogP contribution in [0.25, 0.3) is 0 Å². The second kappa shape index (κ2) is 6.48. The Bertz CT molecular complexity index is 538. The van der Waals surface area contributed by atoms with Crippen LogP contribution in [0, 0.1) is 6.92 Å². The van der Waals surface area contributed by atoms with E-state index in [9.17, 15) is 0 Å². The summed E-state index contributed by atoms with van der Waals surface area (Å²) in [7, 11) is 0. The van der Waals surface area contributed by atoms with Crippen molar-refractivity contribution in [3.63, 3.8) is 0 Å². The Morgan fingerprint density at radius 2 is 2.20 bits per heavy atom. The average molecular weight is 287 g/mol. The average Bonchev–Trinajstić information content (AvgIpc) is 3.07. The van der Waals surface area contributed by atoms with Crippen molar-refractivity contribution < 1.29 is 0 Å². The Hall–Kier alpha value is -1.23. The topological polar surface area (TPSA) is 28.2 Å². The fourth-order valence-corrected chi connectivity index (χ4v) is 3.45. The molecule has 0 bridgehead atoms. The lowest BCUT2D eigenvalue weighted by Gasteiger charge is -2.16. The van der Waals surface area contributed by atoms with Gasteiger partial charge in [0.1, 0.15) is 0 Å². The van der Waals surface area contributed by atoms with Gasteiger partial charge in [-0.15, -0.1) is 11.3 Å². The van der Waals surface area contributed by atoms with Gasteiger partial charge in [0, 0.05) is 37.1 Å². The van der Waals surface area contributed by atoms with Gasteiger partial charge in [-0.2, -0.15) is 0 Å². The van der Waals surface area contributed by atoms with Gasteiger partial charge in [-0.1, -0.05) is 30.3 Å². The molecule has 0 saturated carbocycles. The summed E-state index contributed by atoms with van der Waals surface area (Å²) >= 11 is 1.75. The van der Waals surface area contributed by atoms with Crippen molar-refractivity contribution in [3.05, 3.63) is 52.0 Å². The van der Waals surface area contributed by atoms with Gasteiger partial charge in [0.15, 0.2) is 0 Å². The number of thiazole rings is 1. The number of benzene rings is 1. The van der Waals surface area contributed by atoms with Crippen molar-refractivity contribution in [1.82, 2.24) is 15.2 Å². The van der Waals surface area contributed by atoms with E-state index in [1.165, 1.54) is 29.1 Å². The number of nitrogens with one attached hydrogen (secondary N) is 1. The van der Waals surface area contributed by atoms with Crippen LogP contribution in [0.4, 0.5) is 0 Å². The van der Waals surface area contributed by atoms with E-state index < -0.39 is 0 Å². The molecule has 1 unspecified atom stereocenters. The third kappa shape index (κ3) is 3.45. The van der Waals surface area contributed by atoms with Gasteiger partial charge in [-0.05, 0) is 18.9 Å². The minimum Gasteiger partial charge on any atom is -0.308 e. The molecule has 1 saturated heterocycles. The van der Waals surface area contributed by atoms with E-state index in [1.54, 1.807) is 11.3 Å². The molecule has 0 amide bonds. The van der Waals surface area contributed by atoms with Crippen molar-refractivity contribution >= 4 is 11.3 Å². The maximum atomic E-state index is 4.30. The maximum absolute atomic E-state index is 4.30. The fourth-order valence-electron chi connectivity index (χ4n) is 2.72. The molecule has 1 aliphatic rings. The molecule has 1 N–H and O–H groups in total. The first-order valence-electron chi connectivity index (χ1n) is 7.20. The Morgan fingerprint density at radius 3 is 2.95 bits per heavy atom. The highest BCUT2D eigenvalue weighted by atomic mass is 32.1. The van der Waals surface area contributed by atoms with Crippen molar-refractivity contribution in [2.45, 2.75) is 32.5 Å². The first kappa shape index (κ1) is 13.7. The lowest BCUT2D eigenvalue weighted by molar-refractivity contribution is 0.320. The van der Waals surface area contributed by atoms with Crippen molar-refractivity contribution in [2.24, 2.45) is 0 Å². The van der Waals surface area contributed by atoms with E-state index in [2.05, 4.69) is 52.5 Å². The number of nitrogens with zero attached hydrogens (tertiary/aromatic N) is 2. The monoisotopic (exact) mass is 287 g/mol. The zero-order chi connectivity index (χ0) is 13.8. The minimum absolute atomic E-state index is 0.611. The van der Waals surface area contributed by atoms with Crippen LogP contribution in [0.1, 0.15) is 22.6 Å². The molecule has 0 aliphatic carbocycles. The zero-order valence-electron chi connectivity index (χ0n) is 11.9. The van der Waals surface area contributed by atoms with E-state index in [0.29, 0.717) is 6.04 Å². The maximum Gasteiger partial charge on any atom is 0.0798 e. The molecule has 3 rings (SSSR count). The van der Waals surface area contributed by atoms with Gasteiger partial charge in [0.05, 0.1) is 11.2 Å². The summed E-state index contributed by atoms with van der Waals surface area (Å²) in [6.07, 6.45) is 1.24. The first-order chi connectivity index (χ1) is 9.81. The van der Waals surface area contributed by atoms with Gasteiger partial charge in [0.2, 0.25) is 0 Å². The summed E-state index contributed by atoms with van der Waals surface area (Å²) in [5.41, 5.74) is 4.51. The van der Waals surface area contributed by atoms with E-state index in [1.807, 2.05) is 5.51 Å². The van der Waals surface area contributed by atoms with E-state index in [-0.39, 0.29) is 0 Å². The number of rotatable bonds is 5. The van der Waals surface area contributed by atoms with Gasteiger partial charge < -0.3 is 5.32 Å². The van der Waals surface area contributed by atoms with Gasteiger partial charge in [0.25, 0.3) is 0 Å². The Balaban J connectivity index is 1.46. The Morgan fingerprint density at radius 1 is 1.35 bits per heavy atom. The number of likely N-dealkylation sites (tertiary alicyclic amines) is 1. The highest BCUT2D eigenvalue weighted by Gasteiger charge is 2.22. The highest BCUT2D eigenvalue weighted by molar-refractivity contribution is 7.09. The highest BCUT2D eigenvalue weighted by Crippen LogP contribution is 2.16. The van der Waals surface area contributed by atoms with Crippen LogP contribution >= 0.6 is 11.3 Å². The third-order valence-electron chi connectivity index (χ3n) is 3.92. The van der Waals surface area contributed by atoms with Gasteiger partial charge in [-0.3, -0.25) is 4.90 Å². The SMILES string of the molecule is Cc1ncsc1CNC1CCN(Cc2ccccc2)C1. The van der Waals surface area contributed by atoms with Crippen molar-refractivity contribution in [1.29, 1.82) is 0 Å². The van der Waals surface area contributed by atoms with Gasteiger partial charge in [-0.25, -0.2) is 4.98 Å². The van der Waals surface area contributed by atoms with Crippen LogP contribution in [0.3, 0.4) is 0 Å². The lowest BCUT2D eigenvalue weighted by Crippen LogP contribution is -2.31. The molecule has 0 spiro atoms. The number of aromatic nitrogens is 1. The number of aryl methyl sites for hydroxylation is 1. The first-order valence-corrected chi connectivity index (χ1v) is 8.08. The predicted octanol–water partition coefficient (Wildman–Crippen LogP) is 2.82. The molecule has 0 radical (unpaired) electrons.